The number of rotatable bonds is 8. The molecule has 1 heterocycles. The molecular weight excluding hydrogens is 274 g/mol. The largest absolute Gasteiger partial charge is 0.392 e. The van der Waals surface area contributed by atoms with Crippen LogP contribution in [0.2, 0.25) is 0 Å². The van der Waals surface area contributed by atoms with Gasteiger partial charge < -0.3 is 15.4 Å². The first-order valence-corrected chi connectivity index (χ1v) is 7.89. The van der Waals surface area contributed by atoms with Gasteiger partial charge in [-0.3, -0.25) is 9.69 Å². The van der Waals surface area contributed by atoms with Crippen LogP contribution in [-0.4, -0.2) is 66.1 Å². The molecule has 0 bridgehead atoms. The van der Waals surface area contributed by atoms with Crippen LogP contribution in [0.25, 0.3) is 0 Å². The maximum absolute atomic E-state index is 12.0. The van der Waals surface area contributed by atoms with Gasteiger partial charge in [0.25, 0.3) is 0 Å². The minimum Gasteiger partial charge on any atom is -0.392 e. The van der Waals surface area contributed by atoms with Gasteiger partial charge >= 0.3 is 0 Å². The zero-order chi connectivity index (χ0) is 15.0. The molecule has 0 radical (unpaired) electrons. The second kappa shape index (κ2) is 9.26. The monoisotopic (exact) mass is 301 g/mol. The van der Waals surface area contributed by atoms with Crippen LogP contribution >= 0.6 is 12.2 Å². The van der Waals surface area contributed by atoms with E-state index >= 15 is 0 Å². The Labute approximate surface area is 127 Å². The van der Waals surface area contributed by atoms with Gasteiger partial charge in [0, 0.05) is 32.8 Å². The Hall–Kier alpha value is -0.720. The Morgan fingerprint density at radius 2 is 1.90 bits per heavy atom. The third-order valence-corrected chi connectivity index (χ3v) is 3.90. The molecule has 0 aromatic heterocycles. The molecule has 1 saturated heterocycles. The summed E-state index contributed by atoms with van der Waals surface area (Å²) in [6, 6.07) is 0.162. The van der Waals surface area contributed by atoms with E-state index in [1.165, 1.54) is 0 Å². The first kappa shape index (κ1) is 17.3. The second-order valence-electron chi connectivity index (χ2n) is 5.11. The fourth-order valence-electron chi connectivity index (χ4n) is 2.49. The topological polar surface area (TPSA) is 58.8 Å². The van der Waals surface area contributed by atoms with Crippen molar-refractivity contribution in [1.82, 2.24) is 9.80 Å². The van der Waals surface area contributed by atoms with Crippen molar-refractivity contribution in [2.45, 2.75) is 39.2 Å². The van der Waals surface area contributed by atoms with Crippen LogP contribution in [0, 0.1) is 0 Å². The Morgan fingerprint density at radius 1 is 1.25 bits per heavy atom. The molecule has 5 nitrogen and oxygen atoms in total. The number of piperazine rings is 1. The molecule has 2 N–H and O–H groups in total. The van der Waals surface area contributed by atoms with E-state index in [9.17, 15) is 4.79 Å². The molecule has 0 spiro atoms. The highest BCUT2D eigenvalue weighted by Gasteiger charge is 2.26. The second-order valence-corrected chi connectivity index (χ2v) is 5.58. The first-order valence-electron chi connectivity index (χ1n) is 7.49. The molecule has 0 aromatic rings. The molecule has 20 heavy (non-hydrogen) atoms. The summed E-state index contributed by atoms with van der Waals surface area (Å²) in [6.07, 6.45) is 2.39. The summed E-state index contributed by atoms with van der Waals surface area (Å²) in [6.45, 7) is 8.61. The zero-order valence-corrected chi connectivity index (χ0v) is 13.5. The Bertz CT molecular complexity index is 318. The van der Waals surface area contributed by atoms with E-state index in [4.69, 9.17) is 22.7 Å². The smallest absolute Gasteiger partial charge is 0.224 e. The van der Waals surface area contributed by atoms with Gasteiger partial charge in [-0.15, -0.1) is 0 Å². The quantitative estimate of drug-likeness (QED) is 0.536. The number of carbonyl (C=O) groups is 1. The lowest BCUT2D eigenvalue weighted by molar-refractivity contribution is -0.134. The molecule has 1 aliphatic rings. The molecule has 1 amide bonds. The Kier molecular flexibility index (Phi) is 8.02. The fraction of sp³-hybridized carbons (Fsp3) is 0.857. The van der Waals surface area contributed by atoms with E-state index in [2.05, 4.69) is 18.7 Å². The van der Waals surface area contributed by atoms with Crippen molar-refractivity contribution in [2.75, 3.05) is 39.4 Å². The Balaban J connectivity index is 2.30. The van der Waals surface area contributed by atoms with Gasteiger partial charge in [-0.05, 0) is 12.8 Å². The maximum atomic E-state index is 12.0. The third kappa shape index (κ3) is 5.34. The average molecular weight is 301 g/mol. The zero-order valence-electron chi connectivity index (χ0n) is 12.6. The lowest BCUT2D eigenvalue weighted by Gasteiger charge is -2.38. The molecule has 0 aromatic carbocycles. The maximum Gasteiger partial charge on any atom is 0.224 e. The summed E-state index contributed by atoms with van der Waals surface area (Å²) in [5.41, 5.74) is 5.76. The molecule has 1 rings (SSSR count). The van der Waals surface area contributed by atoms with Crippen molar-refractivity contribution >= 4 is 23.1 Å². The van der Waals surface area contributed by atoms with Crippen molar-refractivity contribution in [3.8, 4) is 0 Å². The normalized spacial score (nSPS) is 18.0. The summed E-state index contributed by atoms with van der Waals surface area (Å²) in [5.74, 6) is 0.184. The fourth-order valence-corrected chi connectivity index (χ4v) is 2.80. The summed E-state index contributed by atoms with van der Waals surface area (Å²) < 4.78 is 5.36. The first-order chi connectivity index (χ1) is 9.60. The lowest BCUT2D eigenvalue weighted by atomic mass is 10.1. The molecule has 1 atom stereocenters. The van der Waals surface area contributed by atoms with Gasteiger partial charge in [0.1, 0.15) is 0 Å². The molecular formula is C14H27N3O2S. The van der Waals surface area contributed by atoms with Gasteiger partial charge in [0.2, 0.25) is 5.91 Å². The van der Waals surface area contributed by atoms with E-state index in [-0.39, 0.29) is 11.9 Å². The number of ether oxygens (including phenoxy) is 1. The van der Waals surface area contributed by atoms with Crippen LogP contribution in [0.3, 0.4) is 0 Å². The summed E-state index contributed by atoms with van der Waals surface area (Å²) in [5, 5.41) is 0. The summed E-state index contributed by atoms with van der Waals surface area (Å²) in [4.78, 5) is 16.8. The molecule has 1 unspecified atom stereocenters. The van der Waals surface area contributed by atoms with E-state index in [1.54, 1.807) is 0 Å². The Morgan fingerprint density at radius 3 is 2.40 bits per heavy atom. The van der Waals surface area contributed by atoms with Crippen molar-refractivity contribution in [3.05, 3.63) is 0 Å². The molecule has 1 fully saturated rings. The van der Waals surface area contributed by atoms with Crippen molar-refractivity contribution in [2.24, 2.45) is 5.73 Å². The van der Waals surface area contributed by atoms with Crippen molar-refractivity contribution in [3.63, 3.8) is 0 Å². The van der Waals surface area contributed by atoms with E-state index < -0.39 is 0 Å². The van der Waals surface area contributed by atoms with E-state index in [0.29, 0.717) is 18.0 Å². The number of carbonyl (C=O) groups excluding carboxylic acids is 1. The summed E-state index contributed by atoms with van der Waals surface area (Å²) in [7, 11) is 0. The van der Waals surface area contributed by atoms with Crippen LogP contribution in [0.1, 0.15) is 33.1 Å². The third-order valence-electron chi connectivity index (χ3n) is 3.63. The molecule has 6 heteroatoms. The highest BCUT2D eigenvalue weighted by molar-refractivity contribution is 7.80. The van der Waals surface area contributed by atoms with Gasteiger partial charge in [0.05, 0.1) is 24.1 Å². The van der Waals surface area contributed by atoms with Gasteiger partial charge in [-0.1, -0.05) is 26.1 Å². The standard InChI is InChI=1S/C14H27N3O2S/c1-3-10-19-11-5-13(18)17-8-6-16(7-9-17)12(4-2)14(15)20/h12H,3-11H2,1-2H3,(H2,15,20). The van der Waals surface area contributed by atoms with E-state index in [1.807, 2.05) is 4.90 Å². The van der Waals surface area contributed by atoms with Gasteiger partial charge in [-0.25, -0.2) is 0 Å². The predicted octanol–water partition coefficient (Wildman–Crippen LogP) is 1.01. The number of amides is 1. The van der Waals surface area contributed by atoms with Crippen molar-refractivity contribution in [1.29, 1.82) is 0 Å². The van der Waals surface area contributed by atoms with Crippen LogP contribution in [0.5, 0.6) is 0 Å². The molecule has 0 aliphatic carbocycles. The van der Waals surface area contributed by atoms with Gasteiger partial charge in [-0.2, -0.15) is 0 Å². The lowest BCUT2D eigenvalue weighted by Crippen LogP contribution is -2.54. The minimum absolute atomic E-state index is 0.162. The highest BCUT2D eigenvalue weighted by Crippen LogP contribution is 2.10. The molecule has 116 valence electrons. The van der Waals surface area contributed by atoms with Crippen LogP contribution in [0.15, 0.2) is 0 Å². The van der Waals surface area contributed by atoms with E-state index in [0.717, 1.165) is 45.6 Å². The van der Waals surface area contributed by atoms with Crippen LogP contribution < -0.4 is 5.73 Å². The summed E-state index contributed by atoms with van der Waals surface area (Å²) >= 11 is 5.10. The number of hydrogen-bond acceptors (Lipinski definition) is 4. The number of hydrogen-bond donors (Lipinski definition) is 1. The number of thiocarbonyl (C=S) groups is 1. The number of nitrogens with zero attached hydrogens (tertiary/aromatic N) is 2. The average Bonchev–Trinajstić information content (AvgIpc) is 2.44. The van der Waals surface area contributed by atoms with Crippen LogP contribution in [0.4, 0.5) is 0 Å². The minimum atomic E-state index is 0.162. The van der Waals surface area contributed by atoms with Crippen molar-refractivity contribution < 1.29 is 9.53 Å². The molecule has 0 saturated carbocycles. The van der Waals surface area contributed by atoms with Gasteiger partial charge in [0.15, 0.2) is 0 Å². The molecule has 1 aliphatic heterocycles. The number of nitrogens with two attached hydrogens (primary N) is 1. The SMILES string of the molecule is CCCOCCC(=O)N1CCN(C(CC)C(N)=S)CC1. The van der Waals surface area contributed by atoms with Crippen LogP contribution in [-0.2, 0) is 9.53 Å². The highest BCUT2D eigenvalue weighted by atomic mass is 32.1. The predicted molar refractivity (Wildman–Crippen MR) is 84.7 cm³/mol.